The standard InChI is InChI=1S/C13H23ClN2O/c1-9(17-3)4-12-5-10-8-15-11(7-14)6-13(10)16(12)2/h6,9-10,12-13,15H,4-5,7-8H2,1-3H3/t9?,10-,12?,13?/m1/s1. The van der Waals surface area contributed by atoms with Gasteiger partial charge in [0.25, 0.3) is 0 Å². The summed E-state index contributed by atoms with van der Waals surface area (Å²) >= 11 is 5.89. The van der Waals surface area contributed by atoms with Crippen LogP contribution in [0.2, 0.25) is 0 Å². The SMILES string of the molecule is COC(C)CC1C[C@@H]2CNC(CCl)=CC2N1C. The lowest BCUT2D eigenvalue weighted by Gasteiger charge is -2.30. The van der Waals surface area contributed by atoms with Gasteiger partial charge in [-0.2, -0.15) is 0 Å². The zero-order chi connectivity index (χ0) is 12.4. The molecule has 0 spiro atoms. The summed E-state index contributed by atoms with van der Waals surface area (Å²) in [5.41, 5.74) is 1.18. The van der Waals surface area contributed by atoms with Gasteiger partial charge in [-0.1, -0.05) is 0 Å². The lowest BCUT2D eigenvalue weighted by molar-refractivity contribution is 0.0851. The molecule has 0 amide bonds. The zero-order valence-electron chi connectivity index (χ0n) is 10.9. The molecule has 2 aliphatic heterocycles. The van der Waals surface area contributed by atoms with Crippen LogP contribution in [0.1, 0.15) is 19.8 Å². The molecule has 98 valence electrons. The first-order valence-electron chi connectivity index (χ1n) is 6.41. The molecule has 0 radical (unpaired) electrons. The van der Waals surface area contributed by atoms with Gasteiger partial charge >= 0.3 is 0 Å². The average Bonchev–Trinajstić information content (AvgIpc) is 2.66. The highest BCUT2D eigenvalue weighted by atomic mass is 35.5. The van der Waals surface area contributed by atoms with Crippen LogP contribution in [0.25, 0.3) is 0 Å². The maximum Gasteiger partial charge on any atom is 0.0619 e. The van der Waals surface area contributed by atoms with Gasteiger partial charge in [-0.15, -0.1) is 11.6 Å². The number of methoxy groups -OCH3 is 1. The van der Waals surface area contributed by atoms with Crippen LogP contribution >= 0.6 is 11.6 Å². The molecule has 2 heterocycles. The lowest BCUT2D eigenvalue weighted by atomic mass is 9.94. The van der Waals surface area contributed by atoms with Crippen LogP contribution in [-0.2, 0) is 4.74 Å². The van der Waals surface area contributed by atoms with Crippen molar-refractivity contribution in [3.05, 3.63) is 11.8 Å². The first kappa shape index (κ1) is 13.2. The number of hydrogen-bond donors (Lipinski definition) is 1. The van der Waals surface area contributed by atoms with Crippen molar-refractivity contribution in [1.29, 1.82) is 0 Å². The predicted molar refractivity (Wildman–Crippen MR) is 71.3 cm³/mol. The molecule has 3 nitrogen and oxygen atoms in total. The number of likely N-dealkylation sites (N-methyl/N-ethyl adjacent to an activating group) is 1. The van der Waals surface area contributed by atoms with Gasteiger partial charge < -0.3 is 10.1 Å². The van der Waals surface area contributed by atoms with E-state index in [0.717, 1.165) is 18.9 Å². The van der Waals surface area contributed by atoms with Gasteiger partial charge in [0.2, 0.25) is 0 Å². The maximum atomic E-state index is 5.89. The molecule has 0 aromatic carbocycles. The smallest absolute Gasteiger partial charge is 0.0619 e. The fourth-order valence-corrected chi connectivity index (χ4v) is 3.23. The summed E-state index contributed by atoms with van der Waals surface area (Å²) in [5.74, 6) is 1.32. The number of rotatable bonds is 4. The van der Waals surface area contributed by atoms with Gasteiger partial charge in [0.05, 0.1) is 12.0 Å². The number of likely N-dealkylation sites (tertiary alicyclic amines) is 1. The van der Waals surface area contributed by atoms with E-state index in [2.05, 4.69) is 30.3 Å². The molecule has 3 unspecified atom stereocenters. The van der Waals surface area contributed by atoms with Crippen molar-refractivity contribution >= 4 is 11.6 Å². The molecule has 4 heteroatoms. The van der Waals surface area contributed by atoms with Crippen molar-refractivity contribution < 1.29 is 4.74 Å². The number of allylic oxidation sites excluding steroid dienone is 1. The first-order valence-corrected chi connectivity index (χ1v) is 6.94. The Morgan fingerprint density at radius 1 is 1.65 bits per heavy atom. The predicted octanol–water partition coefficient (Wildman–Crippen LogP) is 1.83. The molecule has 0 aromatic rings. The van der Waals surface area contributed by atoms with Gasteiger partial charge in [-0.3, -0.25) is 4.90 Å². The molecule has 2 aliphatic rings. The fraction of sp³-hybridized carbons (Fsp3) is 0.846. The molecule has 1 fully saturated rings. The molecule has 0 saturated carbocycles. The Labute approximate surface area is 109 Å². The second-order valence-electron chi connectivity index (χ2n) is 5.29. The van der Waals surface area contributed by atoms with Crippen molar-refractivity contribution in [2.45, 2.75) is 38.0 Å². The van der Waals surface area contributed by atoms with E-state index in [9.17, 15) is 0 Å². The number of fused-ring (bicyclic) bond motifs is 1. The van der Waals surface area contributed by atoms with Crippen molar-refractivity contribution in [2.75, 3.05) is 26.6 Å². The number of halogens is 1. The van der Waals surface area contributed by atoms with E-state index in [-0.39, 0.29) is 0 Å². The minimum atomic E-state index is 0.340. The Bertz CT molecular complexity index is 295. The third kappa shape index (κ3) is 2.78. The zero-order valence-corrected chi connectivity index (χ0v) is 11.7. The van der Waals surface area contributed by atoms with E-state index in [1.165, 1.54) is 12.1 Å². The van der Waals surface area contributed by atoms with E-state index in [4.69, 9.17) is 16.3 Å². The number of nitrogens with zero attached hydrogens (tertiary/aromatic N) is 1. The van der Waals surface area contributed by atoms with Crippen molar-refractivity contribution in [1.82, 2.24) is 10.2 Å². The summed E-state index contributed by atoms with van der Waals surface area (Å²) in [5, 5.41) is 3.42. The van der Waals surface area contributed by atoms with Crippen LogP contribution in [0.3, 0.4) is 0 Å². The normalized spacial score (nSPS) is 35.1. The largest absolute Gasteiger partial charge is 0.387 e. The Kier molecular flexibility index (Phi) is 4.34. The Morgan fingerprint density at radius 3 is 3.06 bits per heavy atom. The molecule has 0 bridgehead atoms. The van der Waals surface area contributed by atoms with Gasteiger partial charge in [0, 0.05) is 31.4 Å². The highest BCUT2D eigenvalue weighted by molar-refractivity contribution is 6.19. The number of nitrogens with one attached hydrogen (secondary N) is 1. The first-order chi connectivity index (χ1) is 8.15. The number of hydrogen-bond acceptors (Lipinski definition) is 3. The average molecular weight is 259 g/mol. The Hall–Kier alpha value is -0.250. The van der Waals surface area contributed by atoms with E-state index in [1.807, 2.05) is 0 Å². The summed E-state index contributed by atoms with van der Waals surface area (Å²) in [6.07, 6.45) is 5.02. The summed E-state index contributed by atoms with van der Waals surface area (Å²) < 4.78 is 5.38. The summed E-state index contributed by atoms with van der Waals surface area (Å²) in [4.78, 5) is 2.49. The van der Waals surface area contributed by atoms with E-state index < -0.39 is 0 Å². The van der Waals surface area contributed by atoms with Crippen molar-refractivity contribution in [2.24, 2.45) is 5.92 Å². The fourth-order valence-electron chi connectivity index (χ4n) is 3.05. The Morgan fingerprint density at radius 2 is 2.41 bits per heavy atom. The maximum absolute atomic E-state index is 5.89. The van der Waals surface area contributed by atoms with E-state index in [0.29, 0.717) is 24.1 Å². The minimum Gasteiger partial charge on any atom is -0.387 e. The van der Waals surface area contributed by atoms with Gasteiger partial charge in [-0.25, -0.2) is 0 Å². The lowest BCUT2D eigenvalue weighted by Crippen LogP contribution is -2.40. The summed E-state index contributed by atoms with van der Waals surface area (Å²) in [6, 6.07) is 1.19. The Balaban J connectivity index is 2.01. The molecule has 0 aromatic heterocycles. The number of ether oxygens (including phenoxy) is 1. The molecular formula is C13H23ClN2O. The van der Waals surface area contributed by atoms with Crippen LogP contribution in [0, 0.1) is 5.92 Å². The van der Waals surface area contributed by atoms with Gasteiger partial charge in [0.1, 0.15) is 0 Å². The van der Waals surface area contributed by atoms with Crippen LogP contribution < -0.4 is 5.32 Å². The molecular weight excluding hydrogens is 236 g/mol. The molecule has 0 aliphatic carbocycles. The van der Waals surface area contributed by atoms with Crippen LogP contribution in [-0.4, -0.2) is 49.7 Å². The van der Waals surface area contributed by atoms with Crippen LogP contribution in [0.4, 0.5) is 0 Å². The van der Waals surface area contributed by atoms with Crippen molar-refractivity contribution in [3.63, 3.8) is 0 Å². The van der Waals surface area contributed by atoms with Crippen LogP contribution in [0.15, 0.2) is 11.8 Å². The van der Waals surface area contributed by atoms with Crippen LogP contribution in [0.5, 0.6) is 0 Å². The summed E-state index contributed by atoms with van der Waals surface area (Å²) in [7, 11) is 4.02. The highest BCUT2D eigenvalue weighted by Gasteiger charge is 2.39. The van der Waals surface area contributed by atoms with E-state index >= 15 is 0 Å². The molecule has 4 atom stereocenters. The quantitative estimate of drug-likeness (QED) is 0.779. The van der Waals surface area contributed by atoms with Gasteiger partial charge in [-0.05, 0) is 38.8 Å². The molecule has 17 heavy (non-hydrogen) atoms. The number of alkyl halides is 1. The highest BCUT2D eigenvalue weighted by Crippen LogP contribution is 2.34. The minimum absolute atomic E-state index is 0.340. The van der Waals surface area contributed by atoms with E-state index in [1.54, 1.807) is 7.11 Å². The van der Waals surface area contributed by atoms with Crippen molar-refractivity contribution in [3.8, 4) is 0 Å². The molecule has 1 N–H and O–H groups in total. The third-order valence-corrected chi connectivity index (χ3v) is 4.51. The molecule has 1 saturated heterocycles. The second kappa shape index (κ2) is 5.59. The van der Waals surface area contributed by atoms with Gasteiger partial charge in [0.15, 0.2) is 0 Å². The summed E-state index contributed by atoms with van der Waals surface area (Å²) in [6.45, 7) is 3.21. The second-order valence-corrected chi connectivity index (χ2v) is 5.56. The monoisotopic (exact) mass is 258 g/mol. The molecule has 2 rings (SSSR count). The third-order valence-electron chi connectivity index (χ3n) is 4.22. The topological polar surface area (TPSA) is 24.5 Å².